The molecule has 24 heavy (non-hydrogen) atoms. The van der Waals surface area contributed by atoms with Gasteiger partial charge in [-0.3, -0.25) is 0 Å². The van der Waals surface area contributed by atoms with Crippen molar-refractivity contribution in [2.75, 3.05) is 4.90 Å². The van der Waals surface area contributed by atoms with E-state index in [9.17, 15) is 0 Å². The van der Waals surface area contributed by atoms with Crippen LogP contribution in [0.1, 0.15) is 37.5 Å². The molecule has 3 aromatic carbocycles. The lowest BCUT2D eigenvalue weighted by molar-refractivity contribution is 0.440. The minimum atomic E-state index is 0.173. The van der Waals surface area contributed by atoms with Crippen molar-refractivity contribution in [2.24, 2.45) is 0 Å². The maximum absolute atomic E-state index is 2.58. The fraction of sp³-hybridized carbons (Fsp3) is 0.304. The van der Waals surface area contributed by atoms with Gasteiger partial charge in [-0.05, 0) is 41.8 Å². The van der Waals surface area contributed by atoms with Crippen LogP contribution in [0.3, 0.4) is 0 Å². The van der Waals surface area contributed by atoms with Gasteiger partial charge in [0.2, 0.25) is 0 Å². The summed E-state index contributed by atoms with van der Waals surface area (Å²) in [4.78, 5) is 2.58. The molecule has 0 saturated heterocycles. The SMILES string of the molecule is Cc1ccc2c(c1)C(C)(C)C(C)N2Cc1cccc2ccccc12. The third-order valence-electron chi connectivity index (χ3n) is 5.89. The number of anilines is 1. The van der Waals surface area contributed by atoms with Gasteiger partial charge in [-0.1, -0.05) is 74.0 Å². The van der Waals surface area contributed by atoms with Gasteiger partial charge in [-0.25, -0.2) is 0 Å². The van der Waals surface area contributed by atoms with Crippen LogP contribution in [0.5, 0.6) is 0 Å². The van der Waals surface area contributed by atoms with Crippen LogP contribution in [0.4, 0.5) is 5.69 Å². The van der Waals surface area contributed by atoms with E-state index in [1.807, 2.05) is 0 Å². The molecule has 1 aliphatic heterocycles. The maximum atomic E-state index is 2.58. The Morgan fingerprint density at radius 1 is 0.958 bits per heavy atom. The van der Waals surface area contributed by atoms with Crippen molar-refractivity contribution in [2.45, 2.75) is 45.7 Å². The van der Waals surface area contributed by atoms with Gasteiger partial charge >= 0.3 is 0 Å². The van der Waals surface area contributed by atoms with Crippen molar-refractivity contribution in [3.63, 3.8) is 0 Å². The lowest BCUT2D eigenvalue weighted by atomic mass is 9.81. The summed E-state index contributed by atoms with van der Waals surface area (Å²) in [5, 5.41) is 2.69. The van der Waals surface area contributed by atoms with E-state index in [-0.39, 0.29) is 5.41 Å². The van der Waals surface area contributed by atoms with Gasteiger partial charge in [0.15, 0.2) is 0 Å². The Hall–Kier alpha value is -2.28. The second-order valence-electron chi connectivity index (χ2n) is 7.68. The van der Waals surface area contributed by atoms with Gasteiger partial charge in [-0.15, -0.1) is 0 Å². The van der Waals surface area contributed by atoms with Crippen molar-refractivity contribution in [3.8, 4) is 0 Å². The first-order chi connectivity index (χ1) is 11.5. The van der Waals surface area contributed by atoms with E-state index in [2.05, 4.69) is 93.3 Å². The smallest absolute Gasteiger partial charge is 0.0439 e. The number of fused-ring (bicyclic) bond motifs is 2. The van der Waals surface area contributed by atoms with Crippen LogP contribution >= 0.6 is 0 Å². The summed E-state index contributed by atoms with van der Waals surface area (Å²) >= 11 is 0. The van der Waals surface area contributed by atoms with Crippen LogP contribution < -0.4 is 4.90 Å². The molecule has 1 atom stereocenters. The van der Waals surface area contributed by atoms with Crippen LogP contribution in [0, 0.1) is 6.92 Å². The number of rotatable bonds is 2. The van der Waals surface area contributed by atoms with Gasteiger partial charge in [0.05, 0.1) is 0 Å². The van der Waals surface area contributed by atoms with Gasteiger partial charge < -0.3 is 4.90 Å². The zero-order valence-electron chi connectivity index (χ0n) is 15.0. The number of nitrogens with zero attached hydrogens (tertiary/aromatic N) is 1. The van der Waals surface area contributed by atoms with Crippen molar-refractivity contribution in [3.05, 3.63) is 77.4 Å². The summed E-state index contributed by atoms with van der Waals surface area (Å²) in [7, 11) is 0. The van der Waals surface area contributed by atoms with Crippen LogP contribution in [0.15, 0.2) is 60.7 Å². The first-order valence-electron chi connectivity index (χ1n) is 8.83. The van der Waals surface area contributed by atoms with Crippen molar-refractivity contribution >= 4 is 16.5 Å². The van der Waals surface area contributed by atoms with E-state index < -0.39 is 0 Å². The molecule has 0 aliphatic carbocycles. The zero-order chi connectivity index (χ0) is 16.9. The number of benzene rings is 3. The monoisotopic (exact) mass is 315 g/mol. The molecule has 4 rings (SSSR count). The summed E-state index contributed by atoms with van der Waals surface area (Å²) in [6, 6.07) is 22.8. The molecule has 0 N–H and O–H groups in total. The molecule has 1 nitrogen and oxygen atoms in total. The van der Waals surface area contributed by atoms with E-state index in [0.717, 1.165) is 6.54 Å². The second kappa shape index (κ2) is 5.37. The van der Waals surface area contributed by atoms with E-state index in [0.29, 0.717) is 6.04 Å². The molecule has 0 spiro atoms. The van der Waals surface area contributed by atoms with Crippen molar-refractivity contribution < 1.29 is 0 Å². The summed E-state index contributed by atoms with van der Waals surface area (Å²) in [5.74, 6) is 0. The second-order valence-corrected chi connectivity index (χ2v) is 7.68. The molecular formula is C23H25N. The predicted octanol–water partition coefficient (Wildman–Crippen LogP) is 5.83. The van der Waals surface area contributed by atoms with Crippen LogP contribution in [0.2, 0.25) is 0 Å². The quantitative estimate of drug-likeness (QED) is 0.574. The molecule has 0 amide bonds. The van der Waals surface area contributed by atoms with Crippen molar-refractivity contribution in [1.29, 1.82) is 0 Å². The van der Waals surface area contributed by atoms with Crippen LogP contribution in [-0.2, 0) is 12.0 Å². The first-order valence-corrected chi connectivity index (χ1v) is 8.83. The molecule has 0 saturated carbocycles. The number of hydrogen-bond donors (Lipinski definition) is 0. The lowest BCUT2D eigenvalue weighted by Gasteiger charge is -2.32. The highest BCUT2D eigenvalue weighted by Crippen LogP contribution is 2.46. The van der Waals surface area contributed by atoms with Gasteiger partial charge in [0, 0.05) is 23.7 Å². The normalized spacial score (nSPS) is 18.8. The summed E-state index contributed by atoms with van der Waals surface area (Å²) in [5.41, 5.74) is 5.80. The summed E-state index contributed by atoms with van der Waals surface area (Å²) in [6.45, 7) is 10.3. The lowest BCUT2D eigenvalue weighted by Crippen LogP contribution is -2.38. The van der Waals surface area contributed by atoms with Crippen molar-refractivity contribution in [1.82, 2.24) is 0 Å². The van der Waals surface area contributed by atoms with E-state index in [1.165, 1.54) is 33.2 Å². The minimum Gasteiger partial charge on any atom is -0.363 e. The molecule has 0 fully saturated rings. The van der Waals surface area contributed by atoms with Gasteiger partial charge in [0.1, 0.15) is 0 Å². The molecule has 1 heterocycles. The predicted molar refractivity (Wildman–Crippen MR) is 104 cm³/mol. The Balaban J connectivity index is 1.80. The fourth-order valence-corrected chi connectivity index (χ4v) is 4.08. The Kier molecular flexibility index (Phi) is 3.42. The summed E-state index contributed by atoms with van der Waals surface area (Å²) < 4.78 is 0. The zero-order valence-corrected chi connectivity index (χ0v) is 15.0. The minimum absolute atomic E-state index is 0.173. The average molecular weight is 315 g/mol. The average Bonchev–Trinajstić information content (AvgIpc) is 2.76. The standard InChI is InChI=1S/C23H25N/c1-16-12-13-22-21(14-16)23(3,4)17(2)24(22)15-19-10-7-9-18-8-5-6-11-20(18)19/h5-14,17H,15H2,1-4H3. The molecular weight excluding hydrogens is 290 g/mol. The molecule has 1 aliphatic rings. The summed E-state index contributed by atoms with van der Waals surface area (Å²) in [6.07, 6.45) is 0. The first kappa shape index (κ1) is 15.3. The van der Waals surface area contributed by atoms with E-state index >= 15 is 0 Å². The third-order valence-corrected chi connectivity index (χ3v) is 5.89. The van der Waals surface area contributed by atoms with Gasteiger partial charge in [0.25, 0.3) is 0 Å². The highest BCUT2D eigenvalue weighted by Gasteiger charge is 2.41. The molecule has 122 valence electrons. The highest BCUT2D eigenvalue weighted by atomic mass is 15.2. The largest absolute Gasteiger partial charge is 0.363 e. The Morgan fingerprint density at radius 2 is 1.71 bits per heavy atom. The molecule has 0 bridgehead atoms. The highest BCUT2D eigenvalue weighted by molar-refractivity contribution is 5.86. The molecule has 0 radical (unpaired) electrons. The Bertz CT molecular complexity index is 902. The number of hydrogen-bond acceptors (Lipinski definition) is 1. The fourth-order valence-electron chi connectivity index (χ4n) is 4.08. The topological polar surface area (TPSA) is 3.24 Å². The van der Waals surface area contributed by atoms with Gasteiger partial charge in [-0.2, -0.15) is 0 Å². The van der Waals surface area contributed by atoms with E-state index in [4.69, 9.17) is 0 Å². The molecule has 3 aromatic rings. The Labute approximate surface area is 144 Å². The van der Waals surface area contributed by atoms with Crippen LogP contribution in [-0.4, -0.2) is 6.04 Å². The molecule has 1 unspecified atom stereocenters. The number of aryl methyl sites for hydroxylation is 1. The third kappa shape index (κ3) is 2.23. The van der Waals surface area contributed by atoms with Crippen LogP contribution in [0.25, 0.3) is 10.8 Å². The molecule has 0 aromatic heterocycles. The van der Waals surface area contributed by atoms with E-state index in [1.54, 1.807) is 0 Å². The Morgan fingerprint density at radius 3 is 2.54 bits per heavy atom. The maximum Gasteiger partial charge on any atom is 0.0439 e. The molecule has 1 heteroatoms.